The van der Waals surface area contributed by atoms with E-state index in [0.717, 1.165) is 51.4 Å². The van der Waals surface area contributed by atoms with Crippen LogP contribution in [0.3, 0.4) is 0 Å². The molecule has 3 atom stereocenters. The summed E-state index contributed by atoms with van der Waals surface area (Å²) in [5.74, 6) is -0.154. The lowest BCUT2D eigenvalue weighted by atomic mass is 10.0. The summed E-state index contributed by atoms with van der Waals surface area (Å²) >= 11 is 0. The highest BCUT2D eigenvalue weighted by atomic mass is 16.3. The Bertz CT molecular complexity index is 1130. The number of unbranched alkanes of at least 4 members (excludes halogenated alkanes) is 42. The van der Waals surface area contributed by atoms with Crippen molar-refractivity contribution >= 4 is 5.91 Å². The molecule has 0 aliphatic carbocycles. The standard InChI is InChI=1S/C65H123NO4/c1-3-5-7-9-11-13-15-17-19-21-23-25-27-28-29-30-31-32-33-34-35-36-38-40-42-44-46-48-50-52-54-56-58-60-64(69)66-62(61-67)65(70)63(68)59-57-55-53-51-49-47-45-43-41-39-37-26-24-22-20-18-16-14-12-10-8-6-4-2/h23,25,28-29,43,45,51,53,62-63,65,67-68,70H,3-22,24,26-27,30-42,44,46-50,52,54-61H2,1-2H3,(H,66,69)/b25-23-,29-28-,45-43+,53-51+. The summed E-state index contributed by atoms with van der Waals surface area (Å²) in [6.45, 7) is 4.20. The summed E-state index contributed by atoms with van der Waals surface area (Å²) in [6, 6.07) is -0.834. The summed E-state index contributed by atoms with van der Waals surface area (Å²) in [5, 5.41) is 33.8. The third-order valence-electron chi connectivity index (χ3n) is 14.6. The second-order valence-electron chi connectivity index (χ2n) is 21.6. The average molecular weight is 983 g/mol. The molecule has 0 aromatic carbocycles. The number of aliphatic hydroxyl groups is 3. The summed E-state index contributed by atoms with van der Waals surface area (Å²) in [6.07, 6.45) is 80.1. The van der Waals surface area contributed by atoms with Crippen LogP contribution in [-0.2, 0) is 4.79 Å². The number of aliphatic hydroxyl groups excluding tert-OH is 3. The number of amides is 1. The first-order valence-corrected chi connectivity index (χ1v) is 31.4. The number of nitrogens with one attached hydrogen (secondary N) is 1. The fraction of sp³-hybridized carbons (Fsp3) is 0.862. The first kappa shape index (κ1) is 68.3. The van der Waals surface area contributed by atoms with Crippen molar-refractivity contribution < 1.29 is 20.1 Å². The molecule has 0 aromatic rings. The smallest absolute Gasteiger partial charge is 0.220 e. The van der Waals surface area contributed by atoms with E-state index in [1.54, 1.807) is 0 Å². The molecule has 1 amide bonds. The van der Waals surface area contributed by atoms with E-state index < -0.39 is 18.2 Å². The van der Waals surface area contributed by atoms with Crippen LogP contribution in [0.2, 0.25) is 0 Å². The molecule has 0 spiro atoms. The lowest BCUT2D eigenvalue weighted by molar-refractivity contribution is -0.124. The molecule has 0 bridgehead atoms. The number of carbonyl (C=O) groups excluding carboxylic acids is 1. The van der Waals surface area contributed by atoms with Gasteiger partial charge in [-0.15, -0.1) is 0 Å². The van der Waals surface area contributed by atoms with E-state index in [-0.39, 0.29) is 12.5 Å². The highest BCUT2D eigenvalue weighted by molar-refractivity contribution is 5.76. The first-order valence-electron chi connectivity index (χ1n) is 31.4. The molecule has 5 heteroatoms. The molecule has 412 valence electrons. The van der Waals surface area contributed by atoms with E-state index in [1.165, 1.54) is 257 Å². The molecule has 0 aliphatic rings. The molecular formula is C65H123NO4. The van der Waals surface area contributed by atoms with Crippen LogP contribution in [-0.4, -0.2) is 46.1 Å². The van der Waals surface area contributed by atoms with E-state index in [1.807, 2.05) is 0 Å². The molecule has 0 radical (unpaired) electrons. The fourth-order valence-corrected chi connectivity index (χ4v) is 9.80. The Balaban J connectivity index is 3.55. The van der Waals surface area contributed by atoms with Gasteiger partial charge < -0.3 is 20.6 Å². The van der Waals surface area contributed by atoms with E-state index >= 15 is 0 Å². The zero-order chi connectivity index (χ0) is 50.7. The predicted octanol–water partition coefficient (Wildman–Crippen LogP) is 20.0. The lowest BCUT2D eigenvalue weighted by Crippen LogP contribution is -2.50. The Morgan fingerprint density at radius 2 is 0.629 bits per heavy atom. The third kappa shape index (κ3) is 54.1. The summed E-state index contributed by atoms with van der Waals surface area (Å²) < 4.78 is 0. The van der Waals surface area contributed by atoms with Crippen molar-refractivity contribution in [3.05, 3.63) is 48.6 Å². The van der Waals surface area contributed by atoms with E-state index in [4.69, 9.17) is 0 Å². The minimum absolute atomic E-state index is 0.154. The van der Waals surface area contributed by atoms with Crippen LogP contribution in [0.4, 0.5) is 0 Å². The van der Waals surface area contributed by atoms with Crippen molar-refractivity contribution in [3.8, 4) is 0 Å². The molecular weight excluding hydrogens is 859 g/mol. The molecule has 5 nitrogen and oxygen atoms in total. The molecule has 70 heavy (non-hydrogen) atoms. The maximum Gasteiger partial charge on any atom is 0.220 e. The highest BCUT2D eigenvalue weighted by Crippen LogP contribution is 2.17. The first-order chi connectivity index (χ1) is 34.6. The van der Waals surface area contributed by atoms with Gasteiger partial charge in [0.1, 0.15) is 6.10 Å². The quantitative estimate of drug-likeness (QED) is 0.0361. The fourth-order valence-electron chi connectivity index (χ4n) is 9.80. The van der Waals surface area contributed by atoms with Gasteiger partial charge in [-0.05, 0) is 83.5 Å². The van der Waals surface area contributed by atoms with Crippen molar-refractivity contribution in [1.29, 1.82) is 0 Å². The maximum absolute atomic E-state index is 12.5. The van der Waals surface area contributed by atoms with Gasteiger partial charge in [-0.3, -0.25) is 4.79 Å². The van der Waals surface area contributed by atoms with E-state index in [2.05, 4.69) is 67.8 Å². The number of rotatable bonds is 58. The van der Waals surface area contributed by atoms with Crippen LogP contribution in [0, 0.1) is 0 Å². The summed E-state index contributed by atoms with van der Waals surface area (Å²) in [5.41, 5.74) is 0. The van der Waals surface area contributed by atoms with Crippen molar-refractivity contribution in [2.75, 3.05) is 6.61 Å². The molecule has 0 saturated carbocycles. The Kier molecular flexibility index (Phi) is 58.4. The third-order valence-corrected chi connectivity index (χ3v) is 14.6. The van der Waals surface area contributed by atoms with Gasteiger partial charge in [-0.25, -0.2) is 0 Å². The SMILES string of the molecule is CCCCCCCCCCC/C=C\C/C=C\CCCCCCCCCCCCCCCCCCCC(=O)NC(CO)C(O)C(O)CCC/C=C/CC/C=C/CCCCCCCCCCCCCCCC. The van der Waals surface area contributed by atoms with Crippen molar-refractivity contribution in [2.24, 2.45) is 0 Å². The largest absolute Gasteiger partial charge is 0.394 e. The van der Waals surface area contributed by atoms with Crippen molar-refractivity contribution in [1.82, 2.24) is 5.32 Å². The van der Waals surface area contributed by atoms with Gasteiger partial charge >= 0.3 is 0 Å². The summed E-state index contributed by atoms with van der Waals surface area (Å²) in [7, 11) is 0. The van der Waals surface area contributed by atoms with Gasteiger partial charge in [0, 0.05) is 6.42 Å². The van der Waals surface area contributed by atoms with Crippen molar-refractivity contribution in [3.63, 3.8) is 0 Å². The predicted molar refractivity (Wildman–Crippen MR) is 310 cm³/mol. The van der Waals surface area contributed by atoms with Gasteiger partial charge in [0.15, 0.2) is 0 Å². The van der Waals surface area contributed by atoms with Crippen LogP contribution in [0.1, 0.15) is 335 Å². The normalized spacial score (nSPS) is 13.5. The second kappa shape index (κ2) is 59.9. The number of carbonyl (C=O) groups is 1. The number of hydrogen-bond acceptors (Lipinski definition) is 4. The Hall–Kier alpha value is -1.69. The van der Waals surface area contributed by atoms with Crippen LogP contribution in [0.5, 0.6) is 0 Å². The molecule has 0 rings (SSSR count). The molecule has 4 N–H and O–H groups in total. The zero-order valence-electron chi connectivity index (χ0n) is 47.2. The topological polar surface area (TPSA) is 89.8 Å². The zero-order valence-corrected chi connectivity index (χ0v) is 47.2. The van der Waals surface area contributed by atoms with Crippen LogP contribution < -0.4 is 5.32 Å². The molecule has 0 heterocycles. The van der Waals surface area contributed by atoms with Crippen LogP contribution in [0.25, 0.3) is 0 Å². The van der Waals surface area contributed by atoms with Crippen LogP contribution in [0.15, 0.2) is 48.6 Å². The van der Waals surface area contributed by atoms with Gasteiger partial charge in [0.2, 0.25) is 5.91 Å². The Morgan fingerprint density at radius 3 is 0.957 bits per heavy atom. The maximum atomic E-state index is 12.5. The molecule has 0 fully saturated rings. The monoisotopic (exact) mass is 982 g/mol. The molecule has 0 aromatic heterocycles. The van der Waals surface area contributed by atoms with Crippen LogP contribution >= 0.6 is 0 Å². The van der Waals surface area contributed by atoms with Crippen molar-refractivity contribution in [2.45, 2.75) is 353 Å². The second-order valence-corrected chi connectivity index (χ2v) is 21.6. The van der Waals surface area contributed by atoms with Gasteiger partial charge in [-0.1, -0.05) is 294 Å². The Labute approximate surface area is 437 Å². The van der Waals surface area contributed by atoms with Gasteiger partial charge in [-0.2, -0.15) is 0 Å². The minimum Gasteiger partial charge on any atom is -0.394 e. The molecule has 0 saturated heterocycles. The van der Waals surface area contributed by atoms with Gasteiger partial charge in [0.05, 0.1) is 18.8 Å². The average Bonchev–Trinajstić information content (AvgIpc) is 3.36. The number of hydrogen-bond donors (Lipinski definition) is 4. The number of allylic oxidation sites excluding steroid dienone is 8. The summed E-state index contributed by atoms with van der Waals surface area (Å²) in [4.78, 5) is 12.5. The van der Waals surface area contributed by atoms with Gasteiger partial charge in [0.25, 0.3) is 0 Å². The minimum atomic E-state index is -1.17. The lowest BCUT2D eigenvalue weighted by Gasteiger charge is -2.26. The molecule has 3 unspecified atom stereocenters. The highest BCUT2D eigenvalue weighted by Gasteiger charge is 2.26. The molecule has 0 aliphatic heterocycles. The van der Waals surface area contributed by atoms with E-state index in [0.29, 0.717) is 12.8 Å². The Morgan fingerprint density at radius 1 is 0.357 bits per heavy atom. The van der Waals surface area contributed by atoms with E-state index in [9.17, 15) is 20.1 Å².